The normalized spacial score (nSPS) is 10.1. The van der Waals surface area contributed by atoms with E-state index >= 15 is 0 Å². The summed E-state index contributed by atoms with van der Waals surface area (Å²) in [6, 6.07) is 13.9. The van der Waals surface area contributed by atoms with E-state index in [1.165, 1.54) is 0 Å². The van der Waals surface area contributed by atoms with Crippen LogP contribution in [0.3, 0.4) is 0 Å². The van der Waals surface area contributed by atoms with Crippen LogP contribution in [0.1, 0.15) is 22.8 Å². The fourth-order valence-electron chi connectivity index (χ4n) is 2.41. The number of hydrogen-bond donors (Lipinski definition) is 2. The fourth-order valence-corrected chi connectivity index (χ4v) is 2.62. The molecule has 0 aliphatic rings. The molecule has 2 aromatic rings. The van der Waals surface area contributed by atoms with Gasteiger partial charge < -0.3 is 20.1 Å². The van der Waals surface area contributed by atoms with Crippen LogP contribution >= 0.6 is 11.6 Å². The maximum Gasteiger partial charge on any atom is 0.325 e. The first kappa shape index (κ1) is 22.2. The molecule has 2 N–H and O–H groups in total. The summed E-state index contributed by atoms with van der Waals surface area (Å²) < 4.78 is 10.2. The van der Waals surface area contributed by atoms with Crippen molar-refractivity contribution >= 4 is 29.4 Å². The zero-order chi connectivity index (χ0) is 21.1. The molecular weight excluding hydrogens is 396 g/mol. The van der Waals surface area contributed by atoms with Crippen molar-refractivity contribution < 1.29 is 23.9 Å². The van der Waals surface area contributed by atoms with Crippen LogP contribution in [0.5, 0.6) is 5.75 Å². The Kier molecular flexibility index (Phi) is 8.98. The summed E-state index contributed by atoms with van der Waals surface area (Å²) in [5.74, 6) is -0.881. The van der Waals surface area contributed by atoms with Gasteiger partial charge in [0.05, 0.1) is 6.61 Å². The molecule has 2 amide bonds. The second kappa shape index (κ2) is 11.7. The Labute approximate surface area is 174 Å². The molecule has 0 spiro atoms. The molecule has 7 nitrogen and oxygen atoms in total. The molecule has 154 valence electrons. The number of esters is 1. The maximum absolute atomic E-state index is 12.0. The molecule has 0 atom stereocenters. The minimum absolute atomic E-state index is 0.332. The van der Waals surface area contributed by atoms with Gasteiger partial charge in [0.25, 0.3) is 11.8 Å². The monoisotopic (exact) mass is 418 g/mol. The highest BCUT2D eigenvalue weighted by Crippen LogP contribution is 2.12. The Balaban J connectivity index is 1.63. The van der Waals surface area contributed by atoms with Gasteiger partial charge in [0.1, 0.15) is 12.3 Å². The molecular formula is C21H23ClN2O5. The van der Waals surface area contributed by atoms with Crippen LogP contribution in [0.2, 0.25) is 5.02 Å². The number of carbonyl (C=O) groups excluding carboxylic acids is 3. The van der Waals surface area contributed by atoms with Gasteiger partial charge in [0.2, 0.25) is 0 Å². The summed E-state index contributed by atoms with van der Waals surface area (Å²) in [5.41, 5.74) is 1.38. The van der Waals surface area contributed by atoms with E-state index < -0.39 is 24.4 Å². The highest BCUT2D eigenvalue weighted by atomic mass is 35.5. The molecule has 2 aromatic carbocycles. The smallest absolute Gasteiger partial charge is 0.325 e. The van der Waals surface area contributed by atoms with E-state index in [-0.39, 0.29) is 6.54 Å². The quantitative estimate of drug-likeness (QED) is 0.578. The van der Waals surface area contributed by atoms with Crippen LogP contribution in [-0.4, -0.2) is 44.1 Å². The average Bonchev–Trinajstić information content (AvgIpc) is 2.71. The van der Waals surface area contributed by atoms with Gasteiger partial charge in [-0.05, 0) is 55.3 Å². The third-order valence-corrected chi connectivity index (χ3v) is 4.05. The number of benzene rings is 2. The van der Waals surface area contributed by atoms with Crippen molar-refractivity contribution in [3.05, 3.63) is 64.7 Å². The Morgan fingerprint density at radius 3 is 2.48 bits per heavy atom. The number of hydrogen-bond acceptors (Lipinski definition) is 5. The first-order valence-electron chi connectivity index (χ1n) is 9.15. The van der Waals surface area contributed by atoms with Crippen LogP contribution in [0.25, 0.3) is 0 Å². The SMILES string of the molecule is CCOc1ccc(C(=O)NCC(=O)OCC(=O)NCCc2cccc(Cl)c2)cc1. The summed E-state index contributed by atoms with van der Waals surface area (Å²) in [5, 5.41) is 5.73. The molecule has 0 bridgehead atoms. The number of rotatable bonds is 10. The van der Waals surface area contributed by atoms with Gasteiger partial charge in [-0.25, -0.2) is 0 Å². The number of nitrogens with one attached hydrogen (secondary N) is 2. The van der Waals surface area contributed by atoms with Crippen molar-refractivity contribution in [1.82, 2.24) is 10.6 Å². The largest absolute Gasteiger partial charge is 0.494 e. The molecule has 2 rings (SSSR count). The highest BCUT2D eigenvalue weighted by molar-refractivity contribution is 6.30. The van der Waals surface area contributed by atoms with E-state index in [4.69, 9.17) is 21.1 Å². The van der Waals surface area contributed by atoms with Crippen molar-refractivity contribution in [2.24, 2.45) is 0 Å². The second-order valence-electron chi connectivity index (χ2n) is 6.03. The standard InChI is InChI=1S/C21H23ClN2O5/c1-2-28-18-8-6-16(7-9-18)21(27)24-13-20(26)29-14-19(25)23-11-10-15-4-3-5-17(22)12-15/h3-9,12H,2,10-11,13-14H2,1H3,(H,23,25)(H,24,27). The van der Waals surface area contributed by atoms with Crippen molar-refractivity contribution in [1.29, 1.82) is 0 Å². The molecule has 8 heteroatoms. The molecule has 0 aromatic heterocycles. The third kappa shape index (κ3) is 8.23. The van der Waals surface area contributed by atoms with Gasteiger partial charge in [-0.2, -0.15) is 0 Å². The van der Waals surface area contributed by atoms with Gasteiger partial charge in [0, 0.05) is 17.1 Å². The average molecular weight is 419 g/mol. The summed E-state index contributed by atoms with van der Waals surface area (Å²) in [6.45, 7) is 2.05. The van der Waals surface area contributed by atoms with E-state index in [1.807, 2.05) is 25.1 Å². The first-order chi connectivity index (χ1) is 14.0. The van der Waals surface area contributed by atoms with E-state index in [0.29, 0.717) is 35.9 Å². The van der Waals surface area contributed by atoms with Crippen LogP contribution in [0.4, 0.5) is 0 Å². The lowest BCUT2D eigenvalue weighted by Crippen LogP contribution is -2.34. The molecule has 0 saturated carbocycles. The molecule has 0 saturated heterocycles. The third-order valence-electron chi connectivity index (χ3n) is 3.81. The lowest BCUT2D eigenvalue weighted by atomic mass is 10.1. The van der Waals surface area contributed by atoms with Gasteiger partial charge in [-0.15, -0.1) is 0 Å². The number of halogens is 1. The Hall–Kier alpha value is -3.06. The van der Waals surface area contributed by atoms with Gasteiger partial charge in [-0.1, -0.05) is 23.7 Å². The van der Waals surface area contributed by atoms with Crippen LogP contribution < -0.4 is 15.4 Å². The van der Waals surface area contributed by atoms with Crippen molar-refractivity contribution in [2.75, 3.05) is 26.3 Å². The van der Waals surface area contributed by atoms with Crippen LogP contribution in [0.15, 0.2) is 48.5 Å². The highest BCUT2D eigenvalue weighted by Gasteiger charge is 2.11. The van der Waals surface area contributed by atoms with Crippen molar-refractivity contribution in [3.8, 4) is 5.75 Å². The molecule has 0 aliphatic carbocycles. The predicted molar refractivity (Wildman–Crippen MR) is 109 cm³/mol. The number of carbonyl (C=O) groups is 3. The summed E-state index contributed by atoms with van der Waals surface area (Å²) in [6.07, 6.45) is 0.610. The Morgan fingerprint density at radius 1 is 1.03 bits per heavy atom. The van der Waals surface area contributed by atoms with Crippen molar-refractivity contribution in [3.63, 3.8) is 0 Å². The molecule has 0 aliphatic heterocycles. The Bertz CT molecular complexity index is 839. The summed E-state index contributed by atoms with van der Waals surface area (Å²) in [4.78, 5) is 35.4. The van der Waals surface area contributed by atoms with E-state index in [2.05, 4.69) is 10.6 Å². The topological polar surface area (TPSA) is 93.7 Å². The Morgan fingerprint density at radius 2 is 1.79 bits per heavy atom. The second-order valence-corrected chi connectivity index (χ2v) is 6.47. The molecule has 0 heterocycles. The predicted octanol–water partition coefficient (Wildman–Crippen LogP) is 2.37. The van der Waals surface area contributed by atoms with Crippen LogP contribution in [-0.2, 0) is 20.7 Å². The molecule has 29 heavy (non-hydrogen) atoms. The minimum atomic E-state index is -0.700. The lowest BCUT2D eigenvalue weighted by Gasteiger charge is -2.08. The molecule has 0 radical (unpaired) electrons. The van der Waals surface area contributed by atoms with Gasteiger partial charge >= 0.3 is 5.97 Å². The summed E-state index contributed by atoms with van der Waals surface area (Å²) >= 11 is 5.90. The zero-order valence-corrected chi connectivity index (χ0v) is 16.8. The summed E-state index contributed by atoms with van der Waals surface area (Å²) in [7, 11) is 0. The molecule has 0 unspecified atom stereocenters. The fraction of sp³-hybridized carbons (Fsp3) is 0.286. The first-order valence-corrected chi connectivity index (χ1v) is 9.53. The minimum Gasteiger partial charge on any atom is -0.494 e. The zero-order valence-electron chi connectivity index (χ0n) is 16.1. The van der Waals surface area contributed by atoms with Crippen LogP contribution in [0, 0.1) is 0 Å². The maximum atomic E-state index is 12.0. The molecule has 0 fully saturated rings. The van der Waals surface area contributed by atoms with Gasteiger partial charge in [0.15, 0.2) is 6.61 Å². The van der Waals surface area contributed by atoms with Gasteiger partial charge in [-0.3, -0.25) is 14.4 Å². The number of ether oxygens (including phenoxy) is 2. The van der Waals surface area contributed by atoms with E-state index in [0.717, 1.165) is 5.56 Å². The van der Waals surface area contributed by atoms with Crippen molar-refractivity contribution in [2.45, 2.75) is 13.3 Å². The lowest BCUT2D eigenvalue weighted by molar-refractivity contribution is -0.147. The van der Waals surface area contributed by atoms with E-state index in [1.54, 1.807) is 30.3 Å². The number of amides is 2. The van der Waals surface area contributed by atoms with E-state index in [9.17, 15) is 14.4 Å².